The van der Waals surface area contributed by atoms with Crippen molar-refractivity contribution in [3.8, 4) is 11.8 Å². The summed E-state index contributed by atoms with van der Waals surface area (Å²) in [6.45, 7) is 2.89. The fraction of sp³-hybridized carbons (Fsp3) is 0.385. The molecule has 1 aromatic carbocycles. The topological polar surface area (TPSA) is 53.3 Å². The Hall–Kier alpha value is -1.54. The number of amides is 1. The molecule has 0 fully saturated rings. The van der Waals surface area contributed by atoms with Gasteiger partial charge in [-0.2, -0.15) is 5.26 Å². The van der Waals surface area contributed by atoms with Gasteiger partial charge in [0, 0.05) is 17.6 Å². The van der Waals surface area contributed by atoms with Crippen LogP contribution in [0.5, 0.6) is 5.75 Å². The van der Waals surface area contributed by atoms with Gasteiger partial charge in [-0.15, -0.1) is 0 Å². The molecule has 0 aliphatic carbocycles. The molecule has 0 aliphatic rings. The van der Waals surface area contributed by atoms with Crippen LogP contribution in [0.15, 0.2) is 22.7 Å². The quantitative estimate of drug-likeness (QED) is 0.840. The lowest BCUT2D eigenvalue weighted by molar-refractivity contribution is 0.0764. The Morgan fingerprint density at radius 2 is 2.28 bits per heavy atom. The first kappa shape index (κ1) is 14.5. The summed E-state index contributed by atoms with van der Waals surface area (Å²) in [4.78, 5) is 13.9. The molecule has 1 aromatic rings. The number of carbonyl (C=O) groups is 1. The second-order valence-corrected chi connectivity index (χ2v) is 4.55. The van der Waals surface area contributed by atoms with Gasteiger partial charge in [-0.25, -0.2) is 0 Å². The van der Waals surface area contributed by atoms with Crippen LogP contribution in [0.3, 0.4) is 0 Å². The van der Waals surface area contributed by atoms with E-state index in [1.54, 1.807) is 23.1 Å². The molecule has 5 heteroatoms. The van der Waals surface area contributed by atoms with Crippen LogP contribution in [0.1, 0.15) is 23.7 Å². The Balaban J connectivity index is 2.98. The molecule has 0 radical (unpaired) electrons. The molecule has 96 valence electrons. The van der Waals surface area contributed by atoms with Crippen LogP contribution in [0.4, 0.5) is 0 Å². The highest BCUT2D eigenvalue weighted by Crippen LogP contribution is 2.24. The van der Waals surface area contributed by atoms with Crippen molar-refractivity contribution in [1.82, 2.24) is 4.90 Å². The molecule has 0 aromatic heterocycles. The molecule has 0 saturated heterocycles. The number of hydrogen-bond donors (Lipinski definition) is 0. The Bertz CT molecular complexity index is 469. The lowest BCUT2D eigenvalue weighted by atomic mass is 10.1. The van der Waals surface area contributed by atoms with Gasteiger partial charge < -0.3 is 9.64 Å². The first-order chi connectivity index (χ1) is 8.63. The maximum Gasteiger partial charge on any atom is 0.257 e. The number of halogens is 1. The standard InChI is InChI=1S/C13H15BrN2O2/c1-3-16(8-4-7-15)13(17)11-6-5-10(14)9-12(11)18-2/h5-6,9H,3-4,8H2,1-2H3. The van der Waals surface area contributed by atoms with Gasteiger partial charge in [0.05, 0.1) is 25.2 Å². The van der Waals surface area contributed by atoms with Gasteiger partial charge in [-0.05, 0) is 25.1 Å². The number of nitriles is 1. The summed E-state index contributed by atoms with van der Waals surface area (Å²) in [6, 6.07) is 7.32. The average Bonchev–Trinajstić information content (AvgIpc) is 2.39. The molecule has 1 amide bonds. The van der Waals surface area contributed by atoms with E-state index < -0.39 is 0 Å². The van der Waals surface area contributed by atoms with Gasteiger partial charge in [0.2, 0.25) is 0 Å². The highest BCUT2D eigenvalue weighted by atomic mass is 79.9. The Labute approximate surface area is 115 Å². The van der Waals surface area contributed by atoms with Crippen LogP contribution < -0.4 is 4.74 Å². The molecular weight excluding hydrogens is 296 g/mol. The summed E-state index contributed by atoms with van der Waals surface area (Å²) in [5.74, 6) is 0.418. The number of nitrogens with zero attached hydrogens (tertiary/aromatic N) is 2. The van der Waals surface area contributed by atoms with Gasteiger partial charge in [0.1, 0.15) is 5.75 Å². The molecule has 0 heterocycles. The molecule has 0 spiro atoms. The molecule has 0 atom stereocenters. The summed E-state index contributed by atoms with van der Waals surface area (Å²) in [7, 11) is 1.53. The Morgan fingerprint density at radius 3 is 2.83 bits per heavy atom. The highest BCUT2D eigenvalue weighted by molar-refractivity contribution is 9.10. The zero-order chi connectivity index (χ0) is 13.5. The SMILES string of the molecule is CCN(CCC#N)C(=O)c1ccc(Br)cc1OC. The number of carbonyl (C=O) groups excluding carboxylic acids is 1. The summed E-state index contributed by atoms with van der Waals surface area (Å²) < 4.78 is 6.06. The molecular formula is C13H15BrN2O2. The third kappa shape index (κ3) is 3.47. The zero-order valence-corrected chi connectivity index (χ0v) is 12.0. The molecule has 4 nitrogen and oxygen atoms in total. The number of methoxy groups -OCH3 is 1. The number of rotatable bonds is 5. The van der Waals surface area contributed by atoms with Crippen LogP contribution in [0.25, 0.3) is 0 Å². The average molecular weight is 311 g/mol. The smallest absolute Gasteiger partial charge is 0.257 e. The third-order valence-electron chi connectivity index (χ3n) is 2.56. The second-order valence-electron chi connectivity index (χ2n) is 3.64. The third-order valence-corrected chi connectivity index (χ3v) is 3.05. The highest BCUT2D eigenvalue weighted by Gasteiger charge is 2.18. The van der Waals surface area contributed by atoms with E-state index in [4.69, 9.17) is 10.00 Å². The lowest BCUT2D eigenvalue weighted by Crippen LogP contribution is -2.31. The van der Waals surface area contributed by atoms with Crippen molar-refractivity contribution < 1.29 is 9.53 Å². The zero-order valence-electron chi connectivity index (χ0n) is 10.4. The first-order valence-electron chi connectivity index (χ1n) is 5.63. The van der Waals surface area contributed by atoms with Crippen LogP contribution in [0.2, 0.25) is 0 Å². The number of ether oxygens (including phenoxy) is 1. The van der Waals surface area contributed by atoms with E-state index in [9.17, 15) is 4.79 Å². The van der Waals surface area contributed by atoms with Gasteiger partial charge in [0.15, 0.2) is 0 Å². The Kier molecular flexibility index (Phi) is 5.66. The number of hydrogen-bond acceptors (Lipinski definition) is 3. The van der Waals surface area contributed by atoms with Crippen LogP contribution in [-0.4, -0.2) is 31.0 Å². The van der Waals surface area contributed by atoms with Crippen molar-refractivity contribution >= 4 is 21.8 Å². The van der Waals surface area contributed by atoms with E-state index in [0.717, 1.165) is 4.47 Å². The summed E-state index contributed by atoms with van der Waals surface area (Å²) >= 11 is 3.33. The van der Waals surface area contributed by atoms with Crippen molar-refractivity contribution in [2.75, 3.05) is 20.2 Å². The minimum Gasteiger partial charge on any atom is -0.496 e. The maximum atomic E-state index is 12.3. The van der Waals surface area contributed by atoms with E-state index in [1.165, 1.54) is 7.11 Å². The van der Waals surface area contributed by atoms with Gasteiger partial charge in [0.25, 0.3) is 5.91 Å². The minimum absolute atomic E-state index is 0.114. The monoisotopic (exact) mass is 310 g/mol. The van der Waals surface area contributed by atoms with Crippen LogP contribution in [0, 0.1) is 11.3 Å². The van der Waals surface area contributed by atoms with Crippen molar-refractivity contribution in [3.05, 3.63) is 28.2 Å². The van der Waals surface area contributed by atoms with E-state index in [-0.39, 0.29) is 5.91 Å². The molecule has 1 rings (SSSR count). The Morgan fingerprint density at radius 1 is 1.56 bits per heavy atom. The van der Waals surface area contributed by atoms with Crippen molar-refractivity contribution in [1.29, 1.82) is 5.26 Å². The normalized spacial score (nSPS) is 9.67. The molecule has 0 aliphatic heterocycles. The largest absolute Gasteiger partial charge is 0.496 e. The molecule has 0 unspecified atom stereocenters. The van der Waals surface area contributed by atoms with Crippen molar-refractivity contribution in [3.63, 3.8) is 0 Å². The summed E-state index contributed by atoms with van der Waals surface area (Å²) in [6.07, 6.45) is 0.332. The van der Waals surface area contributed by atoms with Gasteiger partial charge >= 0.3 is 0 Å². The fourth-order valence-corrected chi connectivity index (χ4v) is 1.94. The second kappa shape index (κ2) is 7.02. The molecule has 0 bridgehead atoms. The lowest BCUT2D eigenvalue weighted by Gasteiger charge is -2.20. The molecule has 0 saturated carbocycles. The van der Waals surface area contributed by atoms with Gasteiger partial charge in [-0.1, -0.05) is 15.9 Å². The van der Waals surface area contributed by atoms with E-state index in [2.05, 4.69) is 15.9 Å². The predicted octanol–water partition coefficient (Wildman–Crippen LogP) is 2.83. The van der Waals surface area contributed by atoms with E-state index in [0.29, 0.717) is 30.8 Å². The molecule has 18 heavy (non-hydrogen) atoms. The van der Waals surface area contributed by atoms with Crippen molar-refractivity contribution in [2.45, 2.75) is 13.3 Å². The van der Waals surface area contributed by atoms with Crippen molar-refractivity contribution in [2.24, 2.45) is 0 Å². The molecule has 0 N–H and O–H groups in total. The number of benzene rings is 1. The van der Waals surface area contributed by atoms with Gasteiger partial charge in [-0.3, -0.25) is 4.79 Å². The summed E-state index contributed by atoms with van der Waals surface area (Å²) in [5, 5.41) is 8.58. The minimum atomic E-state index is -0.114. The van der Waals surface area contributed by atoms with Crippen LogP contribution >= 0.6 is 15.9 Å². The van der Waals surface area contributed by atoms with E-state index >= 15 is 0 Å². The summed E-state index contributed by atoms with van der Waals surface area (Å²) in [5.41, 5.74) is 0.514. The predicted molar refractivity (Wildman–Crippen MR) is 72.5 cm³/mol. The fourth-order valence-electron chi connectivity index (χ4n) is 1.60. The maximum absolute atomic E-state index is 12.3. The van der Waals surface area contributed by atoms with E-state index in [1.807, 2.05) is 13.0 Å². The van der Waals surface area contributed by atoms with Crippen LogP contribution in [-0.2, 0) is 0 Å². The first-order valence-corrected chi connectivity index (χ1v) is 6.43.